The maximum absolute atomic E-state index is 8.61. The molecule has 5 nitrogen and oxygen atoms in total. The van der Waals surface area contributed by atoms with Gasteiger partial charge in [-0.05, 0) is 28.1 Å². The van der Waals surface area contributed by atoms with Crippen molar-refractivity contribution in [1.82, 2.24) is 14.6 Å². The van der Waals surface area contributed by atoms with Crippen LogP contribution in [0.1, 0.15) is 0 Å². The van der Waals surface area contributed by atoms with Crippen molar-refractivity contribution in [2.75, 3.05) is 18.5 Å². The summed E-state index contributed by atoms with van der Waals surface area (Å²) in [5, 5.41) is 15.7. The molecule has 14 heavy (non-hydrogen) atoms. The summed E-state index contributed by atoms with van der Waals surface area (Å²) in [6, 6.07) is 3.76. The Morgan fingerprint density at radius 3 is 3.14 bits per heavy atom. The molecule has 0 aromatic carbocycles. The number of aliphatic hydroxyl groups excluding tert-OH is 1. The third kappa shape index (κ3) is 1.85. The van der Waals surface area contributed by atoms with E-state index < -0.39 is 0 Å². The Morgan fingerprint density at radius 2 is 2.36 bits per heavy atom. The van der Waals surface area contributed by atoms with E-state index in [1.807, 2.05) is 18.3 Å². The quantitative estimate of drug-likeness (QED) is 0.857. The number of anilines is 1. The highest BCUT2D eigenvalue weighted by atomic mass is 79.9. The second-order valence-corrected chi connectivity index (χ2v) is 3.65. The lowest BCUT2D eigenvalue weighted by atomic mass is 10.5. The standard InChI is InChI=1S/C8H9BrN4O/c9-6-1-2-7-11-8(10-3-4-14)12-13(7)5-6/h1-2,5,14H,3-4H2,(H,10,12). The van der Waals surface area contributed by atoms with Gasteiger partial charge in [0.05, 0.1) is 6.61 Å². The van der Waals surface area contributed by atoms with E-state index in [4.69, 9.17) is 5.11 Å². The molecule has 0 bridgehead atoms. The summed E-state index contributed by atoms with van der Waals surface area (Å²) in [4.78, 5) is 4.20. The van der Waals surface area contributed by atoms with Crippen molar-refractivity contribution in [2.45, 2.75) is 0 Å². The van der Waals surface area contributed by atoms with Crippen LogP contribution in [0.3, 0.4) is 0 Å². The van der Waals surface area contributed by atoms with Crippen molar-refractivity contribution in [1.29, 1.82) is 0 Å². The number of aromatic nitrogens is 3. The van der Waals surface area contributed by atoms with Crippen molar-refractivity contribution in [3.8, 4) is 0 Å². The van der Waals surface area contributed by atoms with E-state index in [0.29, 0.717) is 12.5 Å². The summed E-state index contributed by atoms with van der Waals surface area (Å²) >= 11 is 3.35. The maximum atomic E-state index is 8.61. The molecule has 0 spiro atoms. The van der Waals surface area contributed by atoms with Crippen molar-refractivity contribution in [3.05, 3.63) is 22.8 Å². The van der Waals surface area contributed by atoms with Gasteiger partial charge < -0.3 is 10.4 Å². The van der Waals surface area contributed by atoms with E-state index in [1.54, 1.807) is 4.52 Å². The van der Waals surface area contributed by atoms with Gasteiger partial charge >= 0.3 is 0 Å². The molecule has 0 unspecified atom stereocenters. The van der Waals surface area contributed by atoms with Crippen LogP contribution in [-0.2, 0) is 0 Å². The van der Waals surface area contributed by atoms with Gasteiger partial charge in [-0.2, -0.15) is 4.98 Å². The number of nitrogens with zero attached hydrogens (tertiary/aromatic N) is 3. The number of hydrogen-bond acceptors (Lipinski definition) is 4. The smallest absolute Gasteiger partial charge is 0.243 e. The molecule has 0 saturated heterocycles. The van der Waals surface area contributed by atoms with Gasteiger partial charge in [-0.3, -0.25) is 0 Å². The van der Waals surface area contributed by atoms with Crippen LogP contribution in [0.25, 0.3) is 5.65 Å². The highest BCUT2D eigenvalue weighted by Gasteiger charge is 2.01. The molecule has 0 radical (unpaired) electrons. The van der Waals surface area contributed by atoms with E-state index in [2.05, 4.69) is 31.3 Å². The van der Waals surface area contributed by atoms with Crippen LogP contribution < -0.4 is 5.32 Å². The predicted octanol–water partition coefficient (Wildman–Crippen LogP) is 0.896. The monoisotopic (exact) mass is 256 g/mol. The van der Waals surface area contributed by atoms with Gasteiger partial charge in [-0.1, -0.05) is 0 Å². The van der Waals surface area contributed by atoms with Crippen molar-refractivity contribution >= 4 is 27.5 Å². The fraction of sp³-hybridized carbons (Fsp3) is 0.250. The van der Waals surface area contributed by atoms with Crippen LogP contribution in [0.15, 0.2) is 22.8 Å². The number of halogens is 1. The minimum Gasteiger partial charge on any atom is -0.395 e. The first kappa shape index (κ1) is 9.42. The van der Waals surface area contributed by atoms with Gasteiger partial charge in [0.1, 0.15) is 0 Å². The Kier molecular flexibility index (Phi) is 2.64. The van der Waals surface area contributed by atoms with Gasteiger partial charge in [-0.25, -0.2) is 4.52 Å². The minimum atomic E-state index is 0.0687. The van der Waals surface area contributed by atoms with Crippen LogP contribution in [0.2, 0.25) is 0 Å². The van der Waals surface area contributed by atoms with E-state index in [9.17, 15) is 0 Å². The molecule has 0 aliphatic rings. The summed E-state index contributed by atoms with van der Waals surface area (Å²) in [6.45, 7) is 0.525. The SMILES string of the molecule is OCCNc1nc2ccc(Br)cn2n1. The minimum absolute atomic E-state index is 0.0687. The fourth-order valence-electron chi connectivity index (χ4n) is 1.10. The molecule has 0 atom stereocenters. The number of nitrogens with one attached hydrogen (secondary N) is 1. The highest BCUT2D eigenvalue weighted by Crippen LogP contribution is 2.11. The molecule has 0 saturated carbocycles. The molecule has 0 fully saturated rings. The molecule has 2 rings (SSSR count). The van der Waals surface area contributed by atoms with E-state index in [0.717, 1.165) is 10.1 Å². The Balaban J connectivity index is 2.32. The van der Waals surface area contributed by atoms with Crippen LogP contribution in [-0.4, -0.2) is 32.9 Å². The summed E-state index contributed by atoms with van der Waals surface area (Å²) < 4.78 is 2.62. The number of rotatable bonds is 3. The molecule has 2 heterocycles. The molecular formula is C8H9BrN4O. The van der Waals surface area contributed by atoms with Crippen molar-refractivity contribution in [3.63, 3.8) is 0 Å². The lowest BCUT2D eigenvalue weighted by molar-refractivity contribution is 0.311. The lowest BCUT2D eigenvalue weighted by Crippen LogP contribution is -2.06. The molecule has 0 amide bonds. The highest BCUT2D eigenvalue weighted by molar-refractivity contribution is 9.10. The third-order valence-electron chi connectivity index (χ3n) is 1.69. The predicted molar refractivity (Wildman–Crippen MR) is 56.3 cm³/mol. The van der Waals surface area contributed by atoms with Gasteiger partial charge in [0.2, 0.25) is 5.95 Å². The van der Waals surface area contributed by atoms with Gasteiger partial charge in [0.15, 0.2) is 5.65 Å². The molecule has 0 aliphatic carbocycles. The summed E-state index contributed by atoms with van der Waals surface area (Å²) in [7, 11) is 0. The summed E-state index contributed by atoms with van der Waals surface area (Å²) in [5.41, 5.74) is 0.772. The molecule has 2 aromatic rings. The van der Waals surface area contributed by atoms with Crippen molar-refractivity contribution in [2.24, 2.45) is 0 Å². The second-order valence-electron chi connectivity index (χ2n) is 2.74. The van der Waals surface area contributed by atoms with Gasteiger partial charge in [0.25, 0.3) is 0 Å². The first-order chi connectivity index (χ1) is 6.79. The second kappa shape index (κ2) is 3.93. The van der Waals surface area contributed by atoms with Crippen LogP contribution in [0.5, 0.6) is 0 Å². The zero-order chi connectivity index (χ0) is 9.97. The van der Waals surface area contributed by atoms with E-state index in [-0.39, 0.29) is 6.61 Å². The van der Waals surface area contributed by atoms with Gasteiger partial charge in [-0.15, -0.1) is 5.10 Å². The topological polar surface area (TPSA) is 62.5 Å². The number of fused-ring (bicyclic) bond motifs is 1. The normalized spacial score (nSPS) is 10.7. The summed E-state index contributed by atoms with van der Waals surface area (Å²) in [5.74, 6) is 0.525. The van der Waals surface area contributed by atoms with Gasteiger partial charge in [0, 0.05) is 17.2 Å². The largest absolute Gasteiger partial charge is 0.395 e. The molecule has 2 aromatic heterocycles. The number of aliphatic hydroxyl groups is 1. The molecule has 0 aliphatic heterocycles. The summed E-state index contributed by atoms with van der Waals surface area (Å²) in [6.07, 6.45) is 1.83. The average Bonchev–Trinajstić information content (AvgIpc) is 2.56. The average molecular weight is 257 g/mol. The molecular weight excluding hydrogens is 248 g/mol. The first-order valence-electron chi connectivity index (χ1n) is 4.16. The Morgan fingerprint density at radius 1 is 1.50 bits per heavy atom. The Bertz CT molecular complexity index is 442. The van der Waals surface area contributed by atoms with E-state index >= 15 is 0 Å². The first-order valence-corrected chi connectivity index (χ1v) is 4.95. The number of hydrogen-bond donors (Lipinski definition) is 2. The Labute approximate surface area is 88.9 Å². The maximum Gasteiger partial charge on any atom is 0.243 e. The Hall–Kier alpha value is -1.14. The van der Waals surface area contributed by atoms with Crippen molar-refractivity contribution < 1.29 is 5.11 Å². The van der Waals surface area contributed by atoms with Crippen LogP contribution >= 0.6 is 15.9 Å². The third-order valence-corrected chi connectivity index (χ3v) is 2.16. The number of pyridine rings is 1. The van der Waals surface area contributed by atoms with E-state index in [1.165, 1.54) is 0 Å². The zero-order valence-electron chi connectivity index (χ0n) is 7.31. The molecule has 74 valence electrons. The molecule has 2 N–H and O–H groups in total. The van der Waals surface area contributed by atoms with Crippen LogP contribution in [0.4, 0.5) is 5.95 Å². The fourth-order valence-corrected chi connectivity index (χ4v) is 1.43. The molecule has 6 heteroatoms. The van der Waals surface area contributed by atoms with Crippen LogP contribution in [0, 0.1) is 0 Å². The lowest BCUT2D eigenvalue weighted by Gasteiger charge is -1.94. The zero-order valence-corrected chi connectivity index (χ0v) is 8.90.